The molecule has 1 heterocycles. The molecule has 0 aliphatic carbocycles. The molecule has 0 saturated carbocycles. The van der Waals surface area contributed by atoms with Gasteiger partial charge in [-0.1, -0.05) is 5.21 Å². The minimum atomic E-state index is -1.03. The summed E-state index contributed by atoms with van der Waals surface area (Å²) in [5.74, 6) is -0.0674. The highest BCUT2D eigenvalue weighted by Crippen LogP contribution is 2.15. The van der Waals surface area contributed by atoms with Crippen molar-refractivity contribution in [2.45, 2.75) is 26.0 Å². The van der Waals surface area contributed by atoms with Crippen molar-refractivity contribution in [3.05, 3.63) is 11.9 Å². The molecular formula is C9H16N4O2. The Hall–Kier alpha value is -1.43. The number of aromatic nitrogens is 3. The van der Waals surface area contributed by atoms with Crippen LogP contribution in [-0.2, 0) is 16.9 Å². The summed E-state index contributed by atoms with van der Waals surface area (Å²) in [6.45, 7) is 3.38. The van der Waals surface area contributed by atoms with E-state index in [2.05, 4.69) is 10.3 Å². The van der Waals surface area contributed by atoms with Crippen LogP contribution < -0.4 is 0 Å². The number of rotatable bonds is 3. The van der Waals surface area contributed by atoms with Gasteiger partial charge in [0, 0.05) is 14.1 Å². The van der Waals surface area contributed by atoms with Gasteiger partial charge in [0.25, 0.3) is 0 Å². The topological polar surface area (TPSA) is 71.2 Å². The second-order valence-corrected chi connectivity index (χ2v) is 4.15. The number of carbonyl (C=O) groups is 1. The number of nitrogens with zero attached hydrogens (tertiary/aromatic N) is 4. The van der Waals surface area contributed by atoms with E-state index in [1.807, 2.05) is 0 Å². The molecule has 0 bridgehead atoms. The summed E-state index contributed by atoms with van der Waals surface area (Å²) in [4.78, 5) is 12.8. The molecule has 0 spiro atoms. The molecular weight excluding hydrogens is 196 g/mol. The van der Waals surface area contributed by atoms with Crippen molar-refractivity contribution in [2.24, 2.45) is 0 Å². The molecule has 6 heteroatoms. The van der Waals surface area contributed by atoms with Crippen LogP contribution in [0, 0.1) is 0 Å². The van der Waals surface area contributed by atoms with Crippen LogP contribution in [-0.4, -0.2) is 45.0 Å². The van der Waals surface area contributed by atoms with Gasteiger partial charge in [-0.05, 0) is 13.8 Å². The quantitative estimate of drug-likeness (QED) is 0.739. The molecule has 15 heavy (non-hydrogen) atoms. The lowest BCUT2D eigenvalue weighted by atomic mass is 10.1. The smallest absolute Gasteiger partial charge is 0.243 e. The van der Waals surface area contributed by atoms with Crippen LogP contribution in [0.15, 0.2) is 6.20 Å². The molecule has 1 N–H and O–H groups in total. The van der Waals surface area contributed by atoms with Gasteiger partial charge in [0.2, 0.25) is 5.91 Å². The van der Waals surface area contributed by atoms with E-state index in [0.717, 1.165) is 0 Å². The summed E-state index contributed by atoms with van der Waals surface area (Å²) in [5.41, 5.74) is -0.576. The van der Waals surface area contributed by atoms with Crippen molar-refractivity contribution in [1.29, 1.82) is 0 Å². The van der Waals surface area contributed by atoms with E-state index in [0.29, 0.717) is 5.69 Å². The van der Waals surface area contributed by atoms with Crippen molar-refractivity contribution in [2.75, 3.05) is 14.1 Å². The number of aliphatic hydroxyl groups is 1. The van der Waals surface area contributed by atoms with Crippen LogP contribution in [0.2, 0.25) is 0 Å². The number of hydrogen-bond acceptors (Lipinski definition) is 4. The summed E-state index contributed by atoms with van der Waals surface area (Å²) in [5, 5.41) is 17.2. The summed E-state index contributed by atoms with van der Waals surface area (Å²) >= 11 is 0. The molecule has 1 rings (SSSR count). The molecule has 0 atom stereocenters. The largest absolute Gasteiger partial charge is 0.384 e. The zero-order chi connectivity index (χ0) is 11.6. The maximum absolute atomic E-state index is 11.3. The van der Waals surface area contributed by atoms with Gasteiger partial charge in [0.1, 0.15) is 17.8 Å². The van der Waals surface area contributed by atoms with Gasteiger partial charge in [-0.25, -0.2) is 4.68 Å². The van der Waals surface area contributed by atoms with Gasteiger partial charge in [0.05, 0.1) is 6.20 Å². The molecule has 1 aromatic heterocycles. The fourth-order valence-electron chi connectivity index (χ4n) is 0.936. The van der Waals surface area contributed by atoms with Crippen molar-refractivity contribution < 1.29 is 9.90 Å². The second kappa shape index (κ2) is 3.98. The van der Waals surface area contributed by atoms with Gasteiger partial charge in [-0.15, -0.1) is 5.10 Å². The van der Waals surface area contributed by atoms with Gasteiger partial charge < -0.3 is 10.0 Å². The van der Waals surface area contributed by atoms with E-state index in [9.17, 15) is 9.90 Å². The Bertz CT molecular complexity index is 351. The molecule has 0 saturated heterocycles. The molecule has 0 aromatic carbocycles. The molecule has 1 aromatic rings. The van der Waals surface area contributed by atoms with Crippen molar-refractivity contribution in [3.63, 3.8) is 0 Å². The van der Waals surface area contributed by atoms with Gasteiger partial charge in [-0.2, -0.15) is 0 Å². The van der Waals surface area contributed by atoms with Gasteiger partial charge >= 0.3 is 0 Å². The zero-order valence-electron chi connectivity index (χ0n) is 9.43. The molecule has 84 valence electrons. The number of likely N-dealkylation sites (N-methyl/N-ethyl adjacent to an activating group) is 1. The lowest BCUT2D eigenvalue weighted by molar-refractivity contribution is -0.129. The summed E-state index contributed by atoms with van der Waals surface area (Å²) in [6, 6.07) is 0. The van der Waals surface area contributed by atoms with Crippen LogP contribution in [0.4, 0.5) is 0 Å². The van der Waals surface area contributed by atoms with Crippen LogP contribution in [0.25, 0.3) is 0 Å². The minimum Gasteiger partial charge on any atom is -0.384 e. The third-order valence-corrected chi connectivity index (χ3v) is 1.96. The first-order chi connectivity index (χ1) is 6.80. The van der Waals surface area contributed by atoms with E-state index in [1.165, 1.54) is 9.58 Å². The Balaban J connectivity index is 2.73. The summed E-state index contributed by atoms with van der Waals surface area (Å²) in [7, 11) is 3.35. The Labute approximate surface area is 88.5 Å². The molecule has 0 aliphatic rings. The van der Waals surface area contributed by atoms with Crippen LogP contribution in [0.1, 0.15) is 19.5 Å². The van der Waals surface area contributed by atoms with E-state index < -0.39 is 5.60 Å². The fourth-order valence-corrected chi connectivity index (χ4v) is 0.936. The number of amides is 1. The first-order valence-electron chi connectivity index (χ1n) is 4.64. The lowest BCUT2D eigenvalue weighted by Gasteiger charge is -2.12. The van der Waals surface area contributed by atoms with Crippen LogP contribution in [0.5, 0.6) is 0 Å². The molecule has 0 aliphatic heterocycles. The second-order valence-electron chi connectivity index (χ2n) is 4.15. The van der Waals surface area contributed by atoms with Crippen molar-refractivity contribution in [3.8, 4) is 0 Å². The minimum absolute atomic E-state index is 0.0674. The number of carbonyl (C=O) groups excluding carboxylic acids is 1. The van der Waals surface area contributed by atoms with Crippen LogP contribution in [0.3, 0.4) is 0 Å². The first-order valence-corrected chi connectivity index (χ1v) is 4.64. The fraction of sp³-hybridized carbons (Fsp3) is 0.667. The Morgan fingerprint density at radius 2 is 2.20 bits per heavy atom. The van der Waals surface area contributed by atoms with Crippen molar-refractivity contribution in [1.82, 2.24) is 19.9 Å². The third-order valence-electron chi connectivity index (χ3n) is 1.96. The Morgan fingerprint density at radius 1 is 1.60 bits per heavy atom. The average Bonchev–Trinajstić information content (AvgIpc) is 2.51. The predicted octanol–water partition coefficient (Wildman–Crippen LogP) is -0.406. The SMILES string of the molecule is CN(C)C(=O)Cn1cc(C(C)(C)O)nn1. The third kappa shape index (κ3) is 3.02. The summed E-state index contributed by atoms with van der Waals surface area (Å²) in [6.07, 6.45) is 1.57. The molecule has 1 amide bonds. The number of hydrogen-bond donors (Lipinski definition) is 1. The molecule has 0 unspecified atom stereocenters. The van der Waals surface area contributed by atoms with E-state index in [1.54, 1.807) is 34.1 Å². The van der Waals surface area contributed by atoms with Crippen molar-refractivity contribution >= 4 is 5.91 Å². The van der Waals surface area contributed by atoms with Gasteiger partial charge in [0.15, 0.2) is 0 Å². The molecule has 0 radical (unpaired) electrons. The molecule has 6 nitrogen and oxygen atoms in total. The normalized spacial score (nSPS) is 11.5. The lowest BCUT2D eigenvalue weighted by Crippen LogP contribution is -2.26. The maximum Gasteiger partial charge on any atom is 0.243 e. The van der Waals surface area contributed by atoms with E-state index >= 15 is 0 Å². The first kappa shape index (κ1) is 11.6. The predicted molar refractivity (Wildman–Crippen MR) is 54.0 cm³/mol. The van der Waals surface area contributed by atoms with Gasteiger partial charge in [-0.3, -0.25) is 4.79 Å². The van der Waals surface area contributed by atoms with E-state index in [-0.39, 0.29) is 12.5 Å². The monoisotopic (exact) mass is 212 g/mol. The maximum atomic E-state index is 11.3. The van der Waals surface area contributed by atoms with Crippen LogP contribution >= 0.6 is 0 Å². The van der Waals surface area contributed by atoms with E-state index in [4.69, 9.17) is 0 Å². The zero-order valence-corrected chi connectivity index (χ0v) is 9.43. The Kier molecular flexibility index (Phi) is 3.09. The Morgan fingerprint density at radius 3 is 2.60 bits per heavy atom. The highest BCUT2D eigenvalue weighted by Gasteiger charge is 2.20. The highest BCUT2D eigenvalue weighted by atomic mass is 16.3. The summed E-state index contributed by atoms with van der Waals surface area (Å²) < 4.78 is 1.41. The average molecular weight is 212 g/mol. The highest BCUT2D eigenvalue weighted by molar-refractivity contribution is 5.75. The molecule has 0 fully saturated rings. The standard InChI is InChI=1S/C9H16N4O2/c1-9(2,15)7-5-13(11-10-7)6-8(14)12(3)4/h5,15H,6H2,1-4H3.